The third kappa shape index (κ3) is 4.64. The Hall–Kier alpha value is -0.790. The quantitative estimate of drug-likeness (QED) is 0.586. The maximum Gasteiger partial charge on any atom is 0.0406 e. The molecule has 0 aliphatic rings. The molecule has 0 fully saturated rings. The summed E-state index contributed by atoms with van der Waals surface area (Å²) < 4.78 is 0. The number of hydrogen-bond acceptors (Lipinski definition) is 0. The molecule has 0 aromatic heterocycles. The lowest BCUT2D eigenvalue weighted by molar-refractivity contribution is 0.591. The molecule has 0 radical (unpaired) electrons. The van der Waals surface area contributed by atoms with Crippen molar-refractivity contribution in [3.8, 4) is 0 Å². The van der Waals surface area contributed by atoms with Crippen molar-refractivity contribution in [2.24, 2.45) is 5.92 Å². The Labute approximate surface area is 135 Å². The second-order valence-corrected chi connectivity index (χ2v) is 6.31. The van der Waals surface area contributed by atoms with Crippen molar-refractivity contribution >= 4 is 27.5 Å². The van der Waals surface area contributed by atoms with Gasteiger partial charge in [-0.05, 0) is 54.0 Å². The highest BCUT2D eigenvalue weighted by atomic mass is 79.9. The summed E-state index contributed by atoms with van der Waals surface area (Å²) in [5.41, 5.74) is 4.17. The van der Waals surface area contributed by atoms with Gasteiger partial charge in [0.1, 0.15) is 0 Å². The highest BCUT2D eigenvalue weighted by Crippen LogP contribution is 2.19. The molecule has 1 atom stereocenters. The van der Waals surface area contributed by atoms with Crippen LogP contribution in [0.25, 0.3) is 0 Å². The fourth-order valence-corrected chi connectivity index (χ4v) is 2.96. The number of aryl methyl sites for hydroxylation is 1. The molecule has 0 saturated carbocycles. The lowest BCUT2D eigenvalue weighted by Gasteiger charge is -2.14. The van der Waals surface area contributed by atoms with Crippen molar-refractivity contribution in [3.05, 3.63) is 70.2 Å². The molecule has 0 saturated heterocycles. The van der Waals surface area contributed by atoms with Crippen LogP contribution >= 0.6 is 27.5 Å². The Kier molecular flexibility index (Phi) is 6.12. The second-order valence-electron chi connectivity index (χ2n) is 5.23. The molecule has 0 N–H and O–H groups in total. The summed E-state index contributed by atoms with van der Waals surface area (Å²) in [4.78, 5) is 0. The van der Waals surface area contributed by atoms with Gasteiger partial charge < -0.3 is 0 Å². The van der Waals surface area contributed by atoms with Gasteiger partial charge in [-0.3, -0.25) is 0 Å². The molecule has 0 aliphatic heterocycles. The largest absolute Gasteiger partial charge is 0.0925 e. The van der Waals surface area contributed by atoms with Crippen molar-refractivity contribution in [2.75, 3.05) is 5.33 Å². The molecule has 2 aromatic rings. The van der Waals surface area contributed by atoms with Crippen LogP contribution in [0.15, 0.2) is 48.5 Å². The van der Waals surface area contributed by atoms with Crippen molar-refractivity contribution in [1.29, 1.82) is 0 Å². The van der Waals surface area contributed by atoms with E-state index in [0.29, 0.717) is 5.92 Å². The van der Waals surface area contributed by atoms with E-state index in [1.165, 1.54) is 16.7 Å². The Morgan fingerprint density at radius 3 is 1.75 bits per heavy atom. The lowest BCUT2D eigenvalue weighted by atomic mass is 9.94. The van der Waals surface area contributed by atoms with E-state index >= 15 is 0 Å². The van der Waals surface area contributed by atoms with E-state index in [1.807, 2.05) is 12.1 Å². The minimum absolute atomic E-state index is 0.614. The summed E-state index contributed by atoms with van der Waals surface area (Å²) in [6, 6.07) is 17.2. The molecule has 0 heterocycles. The van der Waals surface area contributed by atoms with Gasteiger partial charge in [-0.2, -0.15) is 0 Å². The number of rotatable bonds is 6. The van der Waals surface area contributed by atoms with Crippen molar-refractivity contribution in [2.45, 2.75) is 26.2 Å². The van der Waals surface area contributed by atoms with Gasteiger partial charge in [0, 0.05) is 10.4 Å². The Balaban J connectivity index is 1.99. The summed E-state index contributed by atoms with van der Waals surface area (Å²) in [6.45, 7) is 2.19. The monoisotopic (exact) mass is 350 g/mol. The van der Waals surface area contributed by atoms with E-state index in [4.69, 9.17) is 11.6 Å². The fourth-order valence-electron chi connectivity index (χ4n) is 2.38. The van der Waals surface area contributed by atoms with Gasteiger partial charge in [0.15, 0.2) is 0 Å². The van der Waals surface area contributed by atoms with Gasteiger partial charge >= 0.3 is 0 Å². The van der Waals surface area contributed by atoms with Gasteiger partial charge in [0.05, 0.1) is 0 Å². The predicted molar refractivity (Wildman–Crippen MR) is 92.0 cm³/mol. The van der Waals surface area contributed by atoms with Gasteiger partial charge in [-0.1, -0.05) is 70.9 Å². The molecule has 2 heteroatoms. The van der Waals surface area contributed by atoms with Crippen molar-refractivity contribution in [3.63, 3.8) is 0 Å². The maximum atomic E-state index is 5.93. The fraction of sp³-hybridized carbons (Fsp3) is 0.333. The van der Waals surface area contributed by atoms with Crippen LogP contribution in [0.3, 0.4) is 0 Å². The molecule has 1 unspecified atom stereocenters. The van der Waals surface area contributed by atoms with E-state index in [0.717, 1.165) is 29.6 Å². The number of hydrogen-bond donors (Lipinski definition) is 0. The van der Waals surface area contributed by atoms with Crippen molar-refractivity contribution < 1.29 is 0 Å². The molecular weight excluding hydrogens is 332 g/mol. The Morgan fingerprint density at radius 2 is 1.30 bits per heavy atom. The molecule has 2 rings (SSSR count). The zero-order valence-corrected chi connectivity index (χ0v) is 14.1. The van der Waals surface area contributed by atoms with Crippen LogP contribution in [0.1, 0.15) is 23.6 Å². The molecule has 0 spiro atoms. The molecule has 20 heavy (non-hydrogen) atoms. The Morgan fingerprint density at radius 1 is 0.850 bits per heavy atom. The average Bonchev–Trinajstić information content (AvgIpc) is 2.49. The number of alkyl halides is 1. The lowest BCUT2D eigenvalue weighted by Crippen LogP contribution is -2.10. The highest BCUT2D eigenvalue weighted by molar-refractivity contribution is 9.09. The van der Waals surface area contributed by atoms with Crippen LogP contribution in [-0.4, -0.2) is 5.33 Å². The first kappa shape index (κ1) is 15.6. The normalized spacial score (nSPS) is 12.3. The molecule has 0 amide bonds. The zero-order chi connectivity index (χ0) is 14.4. The average molecular weight is 352 g/mol. The molecule has 0 bridgehead atoms. The van der Waals surface area contributed by atoms with Crippen LogP contribution in [-0.2, 0) is 19.3 Å². The highest BCUT2D eigenvalue weighted by Gasteiger charge is 2.09. The minimum atomic E-state index is 0.614. The van der Waals surface area contributed by atoms with Crippen LogP contribution in [0, 0.1) is 5.92 Å². The first-order valence-electron chi connectivity index (χ1n) is 7.09. The second kappa shape index (κ2) is 7.85. The first-order valence-corrected chi connectivity index (χ1v) is 8.59. The molecule has 2 aromatic carbocycles. The van der Waals surface area contributed by atoms with E-state index in [1.54, 1.807) is 0 Å². The van der Waals surface area contributed by atoms with Gasteiger partial charge in [0.25, 0.3) is 0 Å². The standard InChI is InChI=1S/C18H20BrCl/c1-2-14-3-5-15(6-4-14)11-17(13-19)12-16-7-9-18(20)10-8-16/h3-10,17H,2,11-13H2,1H3. The number of benzene rings is 2. The van der Waals surface area contributed by atoms with Crippen LogP contribution < -0.4 is 0 Å². The Bertz CT molecular complexity index is 516. The van der Waals surface area contributed by atoms with E-state index < -0.39 is 0 Å². The summed E-state index contributed by atoms with van der Waals surface area (Å²) in [7, 11) is 0. The van der Waals surface area contributed by atoms with E-state index in [2.05, 4.69) is 59.3 Å². The summed E-state index contributed by atoms with van der Waals surface area (Å²) in [5, 5.41) is 1.82. The SMILES string of the molecule is CCc1ccc(CC(CBr)Cc2ccc(Cl)cc2)cc1. The van der Waals surface area contributed by atoms with Crippen LogP contribution in [0.5, 0.6) is 0 Å². The summed E-state index contributed by atoms with van der Waals surface area (Å²) in [5.74, 6) is 0.614. The molecule has 0 aliphatic carbocycles. The predicted octanol–water partition coefficient (Wildman–Crippen LogP) is 5.70. The summed E-state index contributed by atoms with van der Waals surface area (Å²) in [6.07, 6.45) is 3.29. The topological polar surface area (TPSA) is 0 Å². The summed E-state index contributed by atoms with van der Waals surface area (Å²) >= 11 is 9.58. The molecule has 106 valence electrons. The molecular formula is C18H20BrCl. The van der Waals surface area contributed by atoms with E-state index in [9.17, 15) is 0 Å². The van der Waals surface area contributed by atoms with Crippen LogP contribution in [0.4, 0.5) is 0 Å². The van der Waals surface area contributed by atoms with Gasteiger partial charge in [0.2, 0.25) is 0 Å². The van der Waals surface area contributed by atoms with Crippen LogP contribution in [0.2, 0.25) is 5.02 Å². The minimum Gasteiger partial charge on any atom is -0.0925 e. The van der Waals surface area contributed by atoms with E-state index in [-0.39, 0.29) is 0 Å². The zero-order valence-electron chi connectivity index (χ0n) is 11.8. The smallest absolute Gasteiger partial charge is 0.0406 e. The third-order valence-corrected chi connectivity index (χ3v) is 4.78. The number of halogens is 2. The van der Waals surface area contributed by atoms with Crippen molar-refractivity contribution in [1.82, 2.24) is 0 Å². The first-order chi connectivity index (χ1) is 9.71. The third-order valence-electron chi connectivity index (χ3n) is 3.61. The van der Waals surface area contributed by atoms with Gasteiger partial charge in [-0.25, -0.2) is 0 Å². The molecule has 0 nitrogen and oxygen atoms in total. The maximum absolute atomic E-state index is 5.93. The van der Waals surface area contributed by atoms with Gasteiger partial charge in [-0.15, -0.1) is 0 Å².